The molecule has 0 radical (unpaired) electrons. The molecule has 8 nitrogen and oxygen atoms in total. The maximum Gasteiger partial charge on any atom is 0.236 e. The van der Waals surface area contributed by atoms with Gasteiger partial charge in [0.2, 0.25) is 5.91 Å². The highest BCUT2D eigenvalue weighted by Crippen LogP contribution is 2.31. The second-order valence-electron chi connectivity index (χ2n) is 7.45. The Labute approximate surface area is 158 Å². The van der Waals surface area contributed by atoms with E-state index in [2.05, 4.69) is 15.0 Å². The molecule has 1 aliphatic carbocycles. The molecule has 0 unspecified atom stereocenters. The molecule has 0 aromatic carbocycles. The number of nitrogens with two attached hydrogens (primary N) is 1. The number of nitrogens with zero attached hydrogens (tertiary/aromatic N) is 4. The van der Waals surface area contributed by atoms with E-state index in [-0.39, 0.29) is 13.2 Å². The van der Waals surface area contributed by atoms with Gasteiger partial charge in [0, 0.05) is 30.6 Å². The van der Waals surface area contributed by atoms with E-state index >= 15 is 0 Å². The predicted molar refractivity (Wildman–Crippen MR) is 102 cm³/mol. The number of pyridine rings is 1. The summed E-state index contributed by atoms with van der Waals surface area (Å²) in [7, 11) is 1.80. The SMILES string of the molecule is CN(CC(N)=O)c1nc(-c2cc(OCC(C)(C)O)ccn2)nc2c1CCC2. The zero-order chi connectivity index (χ0) is 19.6. The van der Waals surface area contributed by atoms with Crippen molar-refractivity contribution < 1.29 is 14.6 Å². The van der Waals surface area contributed by atoms with Gasteiger partial charge < -0.3 is 20.5 Å². The van der Waals surface area contributed by atoms with E-state index in [1.165, 1.54) is 0 Å². The summed E-state index contributed by atoms with van der Waals surface area (Å²) in [6.45, 7) is 3.61. The lowest BCUT2D eigenvalue weighted by molar-refractivity contribution is -0.116. The number of hydrogen-bond donors (Lipinski definition) is 2. The maximum absolute atomic E-state index is 11.3. The minimum Gasteiger partial charge on any atom is -0.490 e. The van der Waals surface area contributed by atoms with Crippen molar-refractivity contribution in [2.45, 2.75) is 38.7 Å². The van der Waals surface area contributed by atoms with Crippen molar-refractivity contribution in [3.8, 4) is 17.3 Å². The van der Waals surface area contributed by atoms with Crippen LogP contribution in [0.2, 0.25) is 0 Å². The number of likely N-dealkylation sites (N-methyl/N-ethyl adjacent to an activating group) is 1. The van der Waals surface area contributed by atoms with Crippen LogP contribution in [-0.4, -0.2) is 51.8 Å². The molecule has 0 bridgehead atoms. The third-order valence-electron chi connectivity index (χ3n) is 4.22. The molecule has 3 rings (SSSR count). The molecule has 0 saturated heterocycles. The van der Waals surface area contributed by atoms with Crippen LogP contribution in [0.25, 0.3) is 11.5 Å². The van der Waals surface area contributed by atoms with Crippen LogP contribution in [0.4, 0.5) is 5.82 Å². The average Bonchev–Trinajstić information content (AvgIpc) is 3.06. The molecule has 27 heavy (non-hydrogen) atoms. The van der Waals surface area contributed by atoms with E-state index in [1.54, 1.807) is 44.1 Å². The van der Waals surface area contributed by atoms with E-state index in [0.29, 0.717) is 17.3 Å². The molecule has 1 aliphatic rings. The quantitative estimate of drug-likeness (QED) is 0.749. The van der Waals surface area contributed by atoms with Gasteiger partial charge in [-0.1, -0.05) is 0 Å². The van der Waals surface area contributed by atoms with Crippen LogP contribution in [-0.2, 0) is 17.6 Å². The normalized spacial score (nSPS) is 13.3. The Kier molecular flexibility index (Phi) is 5.27. The van der Waals surface area contributed by atoms with Gasteiger partial charge >= 0.3 is 0 Å². The van der Waals surface area contributed by atoms with Gasteiger partial charge in [0.15, 0.2) is 5.82 Å². The third kappa shape index (κ3) is 4.71. The van der Waals surface area contributed by atoms with Crippen LogP contribution in [0, 0.1) is 0 Å². The van der Waals surface area contributed by atoms with Gasteiger partial charge in [-0.05, 0) is 39.2 Å². The Morgan fingerprint density at radius 1 is 1.37 bits per heavy atom. The fourth-order valence-corrected chi connectivity index (χ4v) is 3.03. The molecule has 0 saturated carbocycles. The van der Waals surface area contributed by atoms with Crippen LogP contribution >= 0.6 is 0 Å². The fraction of sp³-hybridized carbons (Fsp3) is 0.474. The van der Waals surface area contributed by atoms with Gasteiger partial charge in [-0.15, -0.1) is 0 Å². The zero-order valence-electron chi connectivity index (χ0n) is 15.9. The second-order valence-corrected chi connectivity index (χ2v) is 7.45. The highest BCUT2D eigenvalue weighted by atomic mass is 16.5. The van der Waals surface area contributed by atoms with Crippen molar-refractivity contribution in [1.82, 2.24) is 15.0 Å². The van der Waals surface area contributed by atoms with E-state index in [9.17, 15) is 9.90 Å². The molecule has 1 amide bonds. The van der Waals surface area contributed by atoms with E-state index in [4.69, 9.17) is 10.5 Å². The highest BCUT2D eigenvalue weighted by Gasteiger charge is 2.23. The number of rotatable bonds is 7. The largest absolute Gasteiger partial charge is 0.490 e. The molecular weight excluding hydrogens is 346 g/mol. The lowest BCUT2D eigenvalue weighted by Crippen LogP contribution is -2.32. The number of fused-ring (bicyclic) bond motifs is 1. The van der Waals surface area contributed by atoms with Crippen molar-refractivity contribution in [1.29, 1.82) is 0 Å². The predicted octanol–water partition coefficient (Wildman–Crippen LogP) is 1.10. The minimum absolute atomic E-state index is 0.0883. The molecular formula is C19H25N5O3. The van der Waals surface area contributed by atoms with Crippen molar-refractivity contribution in [2.24, 2.45) is 5.73 Å². The summed E-state index contributed by atoms with van der Waals surface area (Å²) in [5.74, 6) is 1.37. The summed E-state index contributed by atoms with van der Waals surface area (Å²) in [5, 5.41) is 9.83. The lowest BCUT2D eigenvalue weighted by atomic mass is 10.2. The lowest BCUT2D eigenvalue weighted by Gasteiger charge is -2.20. The molecule has 8 heteroatoms. The summed E-state index contributed by atoms with van der Waals surface area (Å²) in [5.41, 5.74) is 7.03. The first-order valence-corrected chi connectivity index (χ1v) is 8.94. The number of aryl methyl sites for hydroxylation is 1. The number of aromatic nitrogens is 3. The van der Waals surface area contributed by atoms with Gasteiger partial charge in [-0.2, -0.15) is 0 Å². The van der Waals surface area contributed by atoms with Crippen LogP contribution < -0.4 is 15.4 Å². The van der Waals surface area contributed by atoms with Gasteiger partial charge in [0.05, 0.1) is 12.1 Å². The highest BCUT2D eigenvalue weighted by molar-refractivity contribution is 5.79. The number of primary amides is 1. The summed E-state index contributed by atoms with van der Waals surface area (Å²) in [6.07, 6.45) is 4.39. The summed E-state index contributed by atoms with van der Waals surface area (Å²) in [4.78, 5) is 26.8. The zero-order valence-corrected chi connectivity index (χ0v) is 15.9. The van der Waals surface area contributed by atoms with Crippen molar-refractivity contribution in [2.75, 3.05) is 25.1 Å². The van der Waals surface area contributed by atoms with E-state index in [1.807, 2.05) is 0 Å². The number of amides is 1. The Hall–Kier alpha value is -2.74. The first-order chi connectivity index (χ1) is 12.7. The fourth-order valence-electron chi connectivity index (χ4n) is 3.03. The topological polar surface area (TPSA) is 114 Å². The van der Waals surface area contributed by atoms with Crippen LogP contribution in [0.3, 0.4) is 0 Å². The second kappa shape index (κ2) is 7.48. The molecule has 144 valence electrons. The molecule has 0 spiro atoms. The third-order valence-corrected chi connectivity index (χ3v) is 4.22. The van der Waals surface area contributed by atoms with Gasteiger partial charge in [0.25, 0.3) is 0 Å². The van der Waals surface area contributed by atoms with Crippen LogP contribution in [0.1, 0.15) is 31.5 Å². The standard InChI is InChI=1S/C19H25N5O3/c1-19(2,26)11-27-12-7-8-21-15(9-12)17-22-14-6-4-5-13(14)18(23-17)24(3)10-16(20)25/h7-9,26H,4-6,10-11H2,1-3H3,(H2,20,25). The Morgan fingerprint density at radius 3 is 2.85 bits per heavy atom. The molecule has 3 N–H and O–H groups in total. The number of ether oxygens (including phenoxy) is 1. The molecule has 2 heterocycles. The van der Waals surface area contributed by atoms with Crippen molar-refractivity contribution in [3.63, 3.8) is 0 Å². The smallest absolute Gasteiger partial charge is 0.236 e. The minimum atomic E-state index is -0.932. The van der Waals surface area contributed by atoms with Crippen LogP contribution in [0.15, 0.2) is 18.3 Å². The number of hydrogen-bond acceptors (Lipinski definition) is 7. The van der Waals surface area contributed by atoms with Gasteiger partial charge in [-0.3, -0.25) is 9.78 Å². The monoisotopic (exact) mass is 371 g/mol. The molecule has 0 atom stereocenters. The van der Waals surface area contributed by atoms with Crippen molar-refractivity contribution in [3.05, 3.63) is 29.6 Å². The number of anilines is 1. The summed E-state index contributed by atoms with van der Waals surface area (Å²) < 4.78 is 5.64. The Bertz CT molecular complexity index is 848. The summed E-state index contributed by atoms with van der Waals surface area (Å²) in [6, 6.07) is 3.48. The Morgan fingerprint density at radius 2 is 2.15 bits per heavy atom. The maximum atomic E-state index is 11.3. The van der Waals surface area contributed by atoms with Crippen LogP contribution in [0.5, 0.6) is 5.75 Å². The Balaban J connectivity index is 1.94. The average molecular weight is 371 g/mol. The first kappa shape index (κ1) is 19.0. The van der Waals surface area contributed by atoms with Crippen molar-refractivity contribution >= 4 is 11.7 Å². The van der Waals surface area contributed by atoms with Gasteiger partial charge in [0.1, 0.15) is 23.9 Å². The molecule has 2 aromatic heterocycles. The number of carbonyl (C=O) groups is 1. The molecule has 2 aromatic rings. The van der Waals surface area contributed by atoms with Gasteiger partial charge in [-0.25, -0.2) is 9.97 Å². The first-order valence-electron chi connectivity index (χ1n) is 8.94. The van der Waals surface area contributed by atoms with E-state index < -0.39 is 11.5 Å². The van der Waals surface area contributed by atoms with E-state index in [0.717, 1.165) is 36.3 Å². The summed E-state index contributed by atoms with van der Waals surface area (Å²) >= 11 is 0. The molecule has 0 fully saturated rings. The number of aliphatic hydroxyl groups is 1. The molecule has 0 aliphatic heterocycles. The number of carbonyl (C=O) groups excluding carboxylic acids is 1.